The van der Waals surface area contributed by atoms with E-state index in [0.29, 0.717) is 16.6 Å². The molecule has 0 amide bonds. The molecule has 0 aliphatic carbocycles. The van der Waals surface area contributed by atoms with Crippen molar-refractivity contribution in [1.82, 2.24) is 19.9 Å². The maximum Gasteiger partial charge on any atom is 2.00 e. The van der Waals surface area contributed by atoms with Crippen molar-refractivity contribution in [3.05, 3.63) is 171 Å². The molecule has 0 N–H and O–H groups in total. The van der Waals surface area contributed by atoms with E-state index in [4.69, 9.17) is 19.9 Å². The molecule has 0 saturated heterocycles. The molecular formula is C79H97N5SiZn. The molecule has 0 saturated carbocycles. The number of aromatic nitrogens is 4. The van der Waals surface area contributed by atoms with Gasteiger partial charge in [0.05, 0.1) is 28.5 Å². The number of nitrogens with zero attached hydrogens (tertiary/aromatic N) is 5. The number of hydrogen-bond donors (Lipinski definition) is 0. The average Bonchev–Trinajstić information content (AvgIpc) is 1.53. The summed E-state index contributed by atoms with van der Waals surface area (Å²) in [6, 6.07) is 41.3. The monoisotopic (exact) mass is 1210 g/mol. The van der Waals surface area contributed by atoms with Crippen molar-refractivity contribution in [3.63, 3.8) is 0 Å². The molecule has 5 nitrogen and oxygen atoms in total. The largest absolute Gasteiger partial charge is 2.00 e. The summed E-state index contributed by atoms with van der Waals surface area (Å²) in [5, 5.41) is 0. The Labute approximate surface area is 532 Å². The van der Waals surface area contributed by atoms with Crippen LogP contribution in [0.3, 0.4) is 0 Å². The smallest absolute Gasteiger partial charge is 0.656 e. The van der Waals surface area contributed by atoms with E-state index in [-0.39, 0.29) is 52.0 Å². The maximum atomic E-state index is 5.88. The van der Waals surface area contributed by atoms with Crippen LogP contribution in [-0.4, -0.2) is 18.0 Å². The van der Waals surface area contributed by atoms with Crippen LogP contribution in [-0.2, 0) is 52.0 Å². The zero-order valence-corrected chi connectivity index (χ0v) is 60.8. The first-order valence-corrected chi connectivity index (χ1v) is 33.5. The van der Waals surface area contributed by atoms with E-state index in [1.54, 1.807) is 0 Å². The van der Waals surface area contributed by atoms with Gasteiger partial charge in [0.25, 0.3) is 0 Å². The minimum Gasteiger partial charge on any atom is -0.656 e. The SMILES string of the molecule is CC(C)[Si](C#Cc1c2nc(c(-c3cc(C(C)(C)C)cc(C(C)(C)C)c3)c3ccc([n-]3)c(N(c3ccc(C(C)(C)C)cc3)c3ccc(C(C)(C)C)cc3)c3nc(c(-c4cc(C(C)(C)C)cc(C(C)(C)C)c4)c4ccc1[n-]4)C=C3)C=C2)(C(C)C)C(C)C.[Zn+2]. The Kier molecular flexibility index (Phi) is 18.1. The van der Waals surface area contributed by atoms with Crippen LogP contribution in [0.25, 0.3) is 68.6 Å². The molecule has 0 atom stereocenters. The van der Waals surface area contributed by atoms with Gasteiger partial charge in [-0.3, -0.25) is 0 Å². The first kappa shape index (κ1) is 65.7. The van der Waals surface area contributed by atoms with Crippen LogP contribution in [0.1, 0.15) is 228 Å². The van der Waals surface area contributed by atoms with Gasteiger partial charge in [-0.05, 0) is 153 Å². The summed E-state index contributed by atoms with van der Waals surface area (Å²) in [7, 11) is -2.24. The number of benzene rings is 4. The summed E-state index contributed by atoms with van der Waals surface area (Å²) in [6.07, 6.45) is 8.78. The van der Waals surface area contributed by atoms with Crippen molar-refractivity contribution < 1.29 is 19.5 Å². The quantitative estimate of drug-likeness (QED) is 0.112. The van der Waals surface area contributed by atoms with Gasteiger partial charge in [0.2, 0.25) is 0 Å². The summed E-state index contributed by atoms with van der Waals surface area (Å²) in [4.78, 5) is 25.7. The summed E-state index contributed by atoms with van der Waals surface area (Å²) in [5.41, 5.74) is 26.8. The van der Waals surface area contributed by atoms with E-state index in [1.165, 1.54) is 33.4 Å². The van der Waals surface area contributed by atoms with Gasteiger partial charge in [0, 0.05) is 16.9 Å². The Hall–Kier alpha value is -6.32. The Morgan fingerprint density at radius 2 is 0.686 bits per heavy atom. The van der Waals surface area contributed by atoms with E-state index in [9.17, 15) is 0 Å². The van der Waals surface area contributed by atoms with Gasteiger partial charge < -0.3 is 14.9 Å². The van der Waals surface area contributed by atoms with Crippen molar-refractivity contribution in [2.75, 3.05) is 4.90 Å². The predicted molar refractivity (Wildman–Crippen MR) is 372 cm³/mol. The molecule has 444 valence electrons. The topological polar surface area (TPSA) is 57.2 Å². The fourth-order valence-corrected chi connectivity index (χ4v) is 17.7. The molecule has 3 aromatic heterocycles. The van der Waals surface area contributed by atoms with Crippen LogP contribution in [0.5, 0.6) is 0 Å². The Morgan fingerprint density at radius 1 is 0.372 bits per heavy atom. The minimum absolute atomic E-state index is 0. The molecule has 0 spiro atoms. The molecule has 5 heterocycles. The molecule has 7 aromatic rings. The third-order valence-corrected chi connectivity index (χ3v) is 24.3. The third-order valence-electron chi connectivity index (χ3n) is 18.0. The summed E-state index contributed by atoms with van der Waals surface area (Å²) < 4.78 is 0. The minimum atomic E-state index is -2.24. The van der Waals surface area contributed by atoms with Crippen molar-refractivity contribution in [3.8, 4) is 33.7 Å². The summed E-state index contributed by atoms with van der Waals surface area (Å²) in [6.45, 7) is 55.7. The molecule has 8 bridgehead atoms. The Bertz CT molecular complexity index is 3760. The van der Waals surface area contributed by atoms with E-state index in [2.05, 4.69) is 316 Å². The fourth-order valence-electron chi connectivity index (χ4n) is 12.5. The second-order valence-electron chi connectivity index (χ2n) is 31.5. The van der Waals surface area contributed by atoms with Gasteiger partial charge in [0.1, 0.15) is 8.07 Å². The molecule has 0 fully saturated rings. The molecule has 2 aliphatic heterocycles. The van der Waals surface area contributed by atoms with Crippen molar-refractivity contribution in [1.29, 1.82) is 0 Å². The molecular weight excluding hydrogens is 1110 g/mol. The van der Waals surface area contributed by atoms with Crippen molar-refractivity contribution in [2.24, 2.45) is 0 Å². The first-order valence-electron chi connectivity index (χ1n) is 31.3. The van der Waals surface area contributed by atoms with E-state index in [1.807, 2.05) is 0 Å². The second kappa shape index (κ2) is 23.7. The molecule has 2 aliphatic rings. The Morgan fingerprint density at radius 3 is 1.05 bits per heavy atom. The number of hydrogen-bond acceptors (Lipinski definition) is 3. The number of anilines is 3. The third kappa shape index (κ3) is 13.2. The molecule has 86 heavy (non-hydrogen) atoms. The first-order chi connectivity index (χ1) is 39.4. The van der Waals surface area contributed by atoms with Gasteiger partial charge in [-0.25, -0.2) is 9.97 Å². The molecule has 9 rings (SSSR count). The van der Waals surface area contributed by atoms with Crippen molar-refractivity contribution in [2.45, 2.75) is 215 Å². The van der Waals surface area contributed by atoms with Gasteiger partial charge in [-0.1, -0.05) is 257 Å². The van der Waals surface area contributed by atoms with Crippen LogP contribution in [0.4, 0.5) is 17.1 Å². The van der Waals surface area contributed by atoms with Gasteiger partial charge in [-0.15, -0.1) is 27.6 Å². The van der Waals surface area contributed by atoms with Crippen molar-refractivity contribution >= 4 is 71.5 Å². The van der Waals surface area contributed by atoms with Crippen LogP contribution in [0.2, 0.25) is 16.6 Å². The van der Waals surface area contributed by atoms with Crippen LogP contribution in [0.15, 0.2) is 109 Å². The zero-order chi connectivity index (χ0) is 62.3. The summed E-state index contributed by atoms with van der Waals surface area (Å²) in [5.74, 6) is 3.94. The summed E-state index contributed by atoms with van der Waals surface area (Å²) >= 11 is 0. The molecule has 7 heteroatoms. The Balaban J connectivity index is 0.00000961. The number of fused-ring (bicyclic) bond motifs is 8. The average molecular weight is 1210 g/mol. The molecule has 4 aromatic carbocycles. The molecule has 0 radical (unpaired) electrons. The standard InChI is InChI=1S/C79H97N5Si.Zn/c1-49(2)85(50(3)4,51(5)6)42-41-62-63-33-35-65(80-63)71(52-43-56(76(13,14)15)47-57(44-52)77(16,17)18)67-37-39-69(82-67)73(84(60-29-25-54(26-30-60)74(7,8)9)61-31-27-55(28-32-61)75(10,11)12)70-40-38-68(83-70)72(66-36-34-64(62)81-66)53-45-58(78(19,20)21)48-59(46-53)79(22,23)24;/h25-40,43-51H,1-24H3;/q-2;+2. The molecule has 0 unspecified atom stereocenters. The van der Waals surface area contributed by atoms with Crippen LogP contribution < -0.4 is 14.9 Å². The normalized spacial score (nSPS) is 13.4. The van der Waals surface area contributed by atoms with Crippen LogP contribution in [0, 0.1) is 11.5 Å². The van der Waals surface area contributed by atoms with Gasteiger partial charge in [-0.2, -0.15) is 0 Å². The van der Waals surface area contributed by atoms with E-state index in [0.717, 1.165) is 89.7 Å². The zero-order valence-electron chi connectivity index (χ0n) is 56.9. The fraction of sp³-hybridized carbons (Fsp3) is 0.418. The second-order valence-corrected chi connectivity index (χ2v) is 37.1. The van der Waals surface area contributed by atoms with Gasteiger partial charge in [0.15, 0.2) is 0 Å². The maximum absolute atomic E-state index is 5.88. The predicted octanol–water partition coefficient (Wildman–Crippen LogP) is 22.1. The van der Waals surface area contributed by atoms with Crippen LogP contribution >= 0.6 is 0 Å². The van der Waals surface area contributed by atoms with Gasteiger partial charge >= 0.3 is 19.5 Å². The van der Waals surface area contributed by atoms with E-state index >= 15 is 0 Å². The van der Waals surface area contributed by atoms with E-state index < -0.39 is 8.07 Å². The number of rotatable bonds is 8.